The van der Waals surface area contributed by atoms with Crippen molar-refractivity contribution in [3.05, 3.63) is 23.8 Å². The Labute approximate surface area is 140 Å². The highest BCUT2D eigenvalue weighted by molar-refractivity contribution is 5.98. The predicted molar refractivity (Wildman–Crippen MR) is 88.7 cm³/mol. The fourth-order valence-electron chi connectivity index (χ4n) is 3.02. The van der Waals surface area contributed by atoms with Gasteiger partial charge in [0.25, 0.3) is 0 Å². The normalized spacial score (nSPS) is 16.5. The van der Waals surface area contributed by atoms with E-state index in [1.165, 1.54) is 6.92 Å². The molecule has 2 amide bonds. The number of carbonyl (C=O) groups is 2. The summed E-state index contributed by atoms with van der Waals surface area (Å²) in [5, 5.41) is 8.25. The van der Waals surface area contributed by atoms with Crippen LogP contribution in [-0.2, 0) is 9.59 Å². The number of hydrogen-bond acceptors (Lipinski definition) is 3. The maximum atomic E-state index is 13.5. The number of amides is 2. The number of carbonyl (C=O) groups excluding carboxylic acids is 2. The summed E-state index contributed by atoms with van der Waals surface area (Å²) in [7, 11) is 0. The van der Waals surface area contributed by atoms with Crippen LogP contribution < -0.4 is 16.0 Å². The molecule has 1 fully saturated rings. The maximum absolute atomic E-state index is 13.5. The molecule has 5 nitrogen and oxygen atoms in total. The number of benzene rings is 1. The van der Waals surface area contributed by atoms with Crippen LogP contribution in [0.5, 0.6) is 0 Å². The van der Waals surface area contributed by atoms with E-state index in [-0.39, 0.29) is 23.2 Å². The van der Waals surface area contributed by atoms with Gasteiger partial charge in [0.1, 0.15) is 0 Å². The predicted octanol–water partition coefficient (Wildman–Crippen LogP) is 2.89. The van der Waals surface area contributed by atoms with Crippen molar-refractivity contribution in [3.63, 3.8) is 0 Å². The molecule has 3 N–H and O–H groups in total. The first-order valence-electron chi connectivity index (χ1n) is 8.14. The first-order valence-corrected chi connectivity index (χ1v) is 8.14. The van der Waals surface area contributed by atoms with Gasteiger partial charge in [-0.15, -0.1) is 0 Å². The monoisotopic (exact) mass is 339 g/mol. The third kappa shape index (κ3) is 4.99. The summed E-state index contributed by atoms with van der Waals surface area (Å²) < 4.78 is 26.8. The van der Waals surface area contributed by atoms with Crippen molar-refractivity contribution >= 4 is 23.2 Å². The Morgan fingerprint density at radius 2 is 1.71 bits per heavy atom. The average Bonchev–Trinajstić information content (AvgIpc) is 2.52. The van der Waals surface area contributed by atoms with Crippen LogP contribution >= 0.6 is 0 Å². The Kier molecular flexibility index (Phi) is 6.25. The molecule has 1 atom stereocenters. The smallest absolute Gasteiger partial charge is 0.224 e. The highest BCUT2D eigenvalue weighted by Gasteiger charge is 2.22. The van der Waals surface area contributed by atoms with E-state index >= 15 is 0 Å². The minimum absolute atomic E-state index is 0.0456. The van der Waals surface area contributed by atoms with Gasteiger partial charge >= 0.3 is 0 Å². The van der Waals surface area contributed by atoms with Gasteiger partial charge in [-0.25, -0.2) is 8.78 Å². The summed E-state index contributed by atoms with van der Waals surface area (Å²) in [6.45, 7) is 5.18. The van der Waals surface area contributed by atoms with Crippen LogP contribution in [0, 0.1) is 23.5 Å². The standard InChI is InChI=1S/C17H23F2N3O2/c1-10(12-3-5-20-6-4-12)7-17(24)22-16-9-14(19)13(18)8-15(16)21-11(2)23/h8-10,12,20H,3-7H2,1-2H3,(H,21,23)(H,22,24). The zero-order valence-electron chi connectivity index (χ0n) is 13.9. The Hall–Kier alpha value is -2.02. The van der Waals surface area contributed by atoms with Gasteiger partial charge in [0.2, 0.25) is 11.8 Å². The molecule has 0 saturated carbocycles. The molecule has 1 heterocycles. The zero-order chi connectivity index (χ0) is 17.7. The van der Waals surface area contributed by atoms with E-state index in [0.29, 0.717) is 12.3 Å². The lowest BCUT2D eigenvalue weighted by atomic mass is 9.84. The van der Waals surface area contributed by atoms with E-state index in [9.17, 15) is 18.4 Å². The van der Waals surface area contributed by atoms with E-state index < -0.39 is 17.5 Å². The average molecular weight is 339 g/mol. The fourth-order valence-corrected chi connectivity index (χ4v) is 3.02. The van der Waals surface area contributed by atoms with E-state index in [4.69, 9.17) is 0 Å². The number of halogens is 2. The van der Waals surface area contributed by atoms with E-state index in [1.54, 1.807) is 0 Å². The molecule has 0 aliphatic carbocycles. The molecular formula is C17H23F2N3O2. The van der Waals surface area contributed by atoms with Crippen molar-refractivity contribution in [2.45, 2.75) is 33.1 Å². The van der Waals surface area contributed by atoms with Gasteiger partial charge in [0, 0.05) is 25.5 Å². The summed E-state index contributed by atoms with van der Waals surface area (Å²) in [6, 6.07) is 1.75. The number of anilines is 2. The molecule has 0 radical (unpaired) electrons. The molecule has 1 aromatic carbocycles. The third-order valence-corrected chi connectivity index (χ3v) is 4.34. The minimum Gasteiger partial charge on any atom is -0.324 e. The Morgan fingerprint density at radius 3 is 2.25 bits per heavy atom. The van der Waals surface area contributed by atoms with Crippen molar-refractivity contribution in [1.29, 1.82) is 0 Å². The lowest BCUT2D eigenvalue weighted by molar-refractivity contribution is -0.117. The number of piperidine rings is 1. The molecule has 2 rings (SSSR count). The van der Waals surface area contributed by atoms with Crippen molar-refractivity contribution in [2.75, 3.05) is 23.7 Å². The number of nitrogens with one attached hydrogen (secondary N) is 3. The van der Waals surface area contributed by atoms with Gasteiger partial charge in [-0.05, 0) is 37.8 Å². The largest absolute Gasteiger partial charge is 0.324 e. The SMILES string of the molecule is CC(=O)Nc1cc(F)c(F)cc1NC(=O)CC(C)C1CCNCC1. The second-order valence-corrected chi connectivity index (χ2v) is 6.31. The quantitative estimate of drug-likeness (QED) is 0.772. The highest BCUT2D eigenvalue weighted by atomic mass is 19.2. The van der Waals surface area contributed by atoms with E-state index in [2.05, 4.69) is 16.0 Å². The van der Waals surface area contributed by atoms with Gasteiger partial charge in [-0.3, -0.25) is 9.59 Å². The van der Waals surface area contributed by atoms with Crippen LogP contribution in [0.3, 0.4) is 0 Å². The molecular weight excluding hydrogens is 316 g/mol. The zero-order valence-corrected chi connectivity index (χ0v) is 13.9. The van der Waals surface area contributed by atoms with Crippen LogP contribution in [0.25, 0.3) is 0 Å². The molecule has 24 heavy (non-hydrogen) atoms. The molecule has 1 aliphatic heterocycles. The second-order valence-electron chi connectivity index (χ2n) is 6.31. The first kappa shape index (κ1) is 18.3. The number of hydrogen-bond donors (Lipinski definition) is 3. The lowest BCUT2D eigenvalue weighted by Crippen LogP contribution is -2.32. The van der Waals surface area contributed by atoms with Crippen LogP contribution in [-0.4, -0.2) is 24.9 Å². The molecule has 1 aliphatic rings. The summed E-state index contributed by atoms with van der Waals surface area (Å²) in [5.41, 5.74) is 0.107. The van der Waals surface area contributed by atoms with E-state index in [0.717, 1.165) is 38.1 Å². The summed E-state index contributed by atoms with van der Waals surface area (Å²) in [6.07, 6.45) is 2.34. The van der Waals surface area contributed by atoms with Gasteiger partial charge in [0.05, 0.1) is 11.4 Å². The second kappa shape index (κ2) is 8.19. The summed E-state index contributed by atoms with van der Waals surface area (Å²) in [5.74, 6) is -2.21. The highest BCUT2D eigenvalue weighted by Crippen LogP contribution is 2.28. The Morgan fingerprint density at radius 1 is 1.17 bits per heavy atom. The Balaban J connectivity index is 2.04. The molecule has 1 aromatic rings. The van der Waals surface area contributed by atoms with Crippen LogP contribution in [0.2, 0.25) is 0 Å². The van der Waals surface area contributed by atoms with Crippen molar-refractivity contribution < 1.29 is 18.4 Å². The van der Waals surface area contributed by atoms with Crippen LogP contribution in [0.4, 0.5) is 20.2 Å². The molecule has 0 bridgehead atoms. The topological polar surface area (TPSA) is 70.2 Å². The fraction of sp³-hybridized carbons (Fsp3) is 0.529. The van der Waals surface area contributed by atoms with Crippen molar-refractivity contribution in [1.82, 2.24) is 5.32 Å². The van der Waals surface area contributed by atoms with Gasteiger partial charge in [-0.1, -0.05) is 6.92 Å². The molecule has 0 spiro atoms. The molecule has 1 saturated heterocycles. The van der Waals surface area contributed by atoms with Gasteiger partial charge in [-0.2, -0.15) is 0 Å². The van der Waals surface area contributed by atoms with Gasteiger partial charge < -0.3 is 16.0 Å². The minimum atomic E-state index is -1.08. The first-order chi connectivity index (χ1) is 11.4. The van der Waals surface area contributed by atoms with E-state index in [1.807, 2.05) is 6.92 Å². The van der Waals surface area contributed by atoms with Crippen LogP contribution in [0.1, 0.15) is 33.1 Å². The van der Waals surface area contributed by atoms with Crippen LogP contribution in [0.15, 0.2) is 12.1 Å². The van der Waals surface area contributed by atoms with Gasteiger partial charge in [0.15, 0.2) is 11.6 Å². The molecule has 7 heteroatoms. The molecule has 0 aromatic heterocycles. The van der Waals surface area contributed by atoms with Crippen molar-refractivity contribution in [2.24, 2.45) is 11.8 Å². The third-order valence-electron chi connectivity index (χ3n) is 4.34. The number of rotatable bonds is 5. The Bertz CT molecular complexity index is 616. The molecule has 1 unspecified atom stereocenters. The lowest BCUT2D eigenvalue weighted by Gasteiger charge is -2.28. The maximum Gasteiger partial charge on any atom is 0.224 e. The molecule has 132 valence electrons. The summed E-state index contributed by atoms with van der Waals surface area (Å²) in [4.78, 5) is 23.4. The summed E-state index contributed by atoms with van der Waals surface area (Å²) >= 11 is 0. The van der Waals surface area contributed by atoms with Crippen molar-refractivity contribution in [3.8, 4) is 0 Å².